The number of hydrogen-bond donors (Lipinski definition) is 1. The number of nitrogens with one attached hydrogen (secondary N) is 1. The van der Waals surface area contributed by atoms with Crippen LogP contribution in [0, 0.1) is 12.3 Å². The summed E-state index contributed by atoms with van der Waals surface area (Å²) in [7, 11) is 0. The summed E-state index contributed by atoms with van der Waals surface area (Å²) in [4.78, 5) is 16.5. The first-order valence-corrected chi connectivity index (χ1v) is 5.75. The molecular formula is C10H14N2O2S. The van der Waals surface area contributed by atoms with E-state index in [1.807, 2.05) is 6.92 Å². The lowest BCUT2D eigenvalue weighted by Crippen LogP contribution is -2.48. The highest BCUT2D eigenvalue weighted by molar-refractivity contribution is 7.11. The zero-order valence-corrected chi connectivity index (χ0v) is 9.69. The second-order valence-electron chi connectivity index (χ2n) is 4.25. The average molecular weight is 226 g/mol. The van der Waals surface area contributed by atoms with Crippen LogP contribution in [-0.2, 0) is 4.74 Å². The Morgan fingerprint density at radius 1 is 1.73 bits per heavy atom. The van der Waals surface area contributed by atoms with Gasteiger partial charge in [-0.05, 0) is 6.92 Å². The molecule has 1 amide bonds. The minimum atomic E-state index is -0.0249. The fourth-order valence-electron chi connectivity index (χ4n) is 1.45. The number of nitrogens with zero attached hydrogens (tertiary/aromatic N) is 1. The molecule has 0 unspecified atom stereocenters. The lowest BCUT2D eigenvalue weighted by Gasteiger charge is -2.37. The van der Waals surface area contributed by atoms with Crippen LogP contribution in [0.25, 0.3) is 0 Å². The van der Waals surface area contributed by atoms with Crippen molar-refractivity contribution in [1.29, 1.82) is 0 Å². The van der Waals surface area contributed by atoms with Gasteiger partial charge in [0.15, 0.2) is 0 Å². The molecule has 82 valence electrons. The Balaban J connectivity index is 1.90. The maximum atomic E-state index is 11.7. The zero-order valence-electron chi connectivity index (χ0n) is 8.87. The van der Waals surface area contributed by atoms with E-state index in [1.54, 1.807) is 5.51 Å². The first-order valence-electron chi connectivity index (χ1n) is 4.87. The first kappa shape index (κ1) is 10.6. The number of aromatic nitrogens is 1. The van der Waals surface area contributed by atoms with Gasteiger partial charge in [0.05, 0.1) is 24.4 Å². The number of ether oxygens (including phenoxy) is 1. The Labute approximate surface area is 92.7 Å². The van der Waals surface area contributed by atoms with Gasteiger partial charge in [0.1, 0.15) is 4.88 Å². The Bertz CT molecular complexity index is 371. The maximum Gasteiger partial charge on any atom is 0.263 e. The third-order valence-corrected chi connectivity index (χ3v) is 3.46. The molecule has 0 atom stereocenters. The van der Waals surface area contributed by atoms with Gasteiger partial charge in [-0.15, -0.1) is 11.3 Å². The fraction of sp³-hybridized carbons (Fsp3) is 0.600. The van der Waals surface area contributed by atoms with Gasteiger partial charge in [0, 0.05) is 12.0 Å². The molecule has 1 aromatic rings. The van der Waals surface area contributed by atoms with Gasteiger partial charge in [-0.3, -0.25) is 4.79 Å². The predicted octanol–water partition coefficient (Wildman–Crippen LogP) is 1.22. The van der Waals surface area contributed by atoms with E-state index in [0.29, 0.717) is 11.4 Å². The SMILES string of the molecule is Cc1ncsc1C(=O)NCC1(C)COC1. The number of rotatable bonds is 3. The summed E-state index contributed by atoms with van der Waals surface area (Å²) >= 11 is 1.38. The molecule has 1 fully saturated rings. The minimum Gasteiger partial charge on any atom is -0.380 e. The van der Waals surface area contributed by atoms with E-state index in [2.05, 4.69) is 17.2 Å². The number of thiazole rings is 1. The first-order chi connectivity index (χ1) is 7.11. The average Bonchev–Trinajstić information content (AvgIpc) is 2.58. The summed E-state index contributed by atoms with van der Waals surface area (Å²) in [5.74, 6) is -0.0249. The molecule has 1 N–H and O–H groups in total. The largest absolute Gasteiger partial charge is 0.380 e. The highest BCUT2D eigenvalue weighted by Gasteiger charge is 2.33. The van der Waals surface area contributed by atoms with E-state index < -0.39 is 0 Å². The summed E-state index contributed by atoms with van der Waals surface area (Å²) in [5.41, 5.74) is 2.61. The molecule has 0 aromatic carbocycles. The number of hydrogen-bond acceptors (Lipinski definition) is 4. The van der Waals surface area contributed by atoms with Gasteiger partial charge in [0.25, 0.3) is 5.91 Å². The summed E-state index contributed by atoms with van der Waals surface area (Å²) < 4.78 is 5.12. The standard InChI is InChI=1S/C10H14N2O2S/c1-7-8(15-6-12-7)9(13)11-3-10(2)4-14-5-10/h6H,3-5H2,1-2H3,(H,11,13). The van der Waals surface area contributed by atoms with Crippen molar-refractivity contribution < 1.29 is 9.53 Å². The maximum absolute atomic E-state index is 11.7. The highest BCUT2D eigenvalue weighted by Crippen LogP contribution is 2.25. The highest BCUT2D eigenvalue weighted by atomic mass is 32.1. The van der Waals surface area contributed by atoms with E-state index in [9.17, 15) is 4.79 Å². The van der Waals surface area contributed by atoms with Gasteiger partial charge in [0.2, 0.25) is 0 Å². The van der Waals surface area contributed by atoms with E-state index in [1.165, 1.54) is 11.3 Å². The molecule has 0 saturated carbocycles. The molecule has 2 rings (SSSR count). The third-order valence-electron chi connectivity index (χ3n) is 2.53. The van der Waals surface area contributed by atoms with Crippen molar-refractivity contribution >= 4 is 17.2 Å². The van der Waals surface area contributed by atoms with Gasteiger partial charge in [-0.25, -0.2) is 4.98 Å². The topological polar surface area (TPSA) is 51.2 Å². The molecule has 0 radical (unpaired) electrons. The van der Waals surface area contributed by atoms with Gasteiger partial charge in [-0.2, -0.15) is 0 Å². The number of amides is 1. The van der Waals surface area contributed by atoms with Crippen molar-refractivity contribution in [2.45, 2.75) is 13.8 Å². The van der Waals surface area contributed by atoms with Crippen molar-refractivity contribution in [3.8, 4) is 0 Å². The van der Waals surface area contributed by atoms with Crippen LogP contribution in [0.3, 0.4) is 0 Å². The van der Waals surface area contributed by atoms with Crippen LogP contribution in [0.4, 0.5) is 0 Å². The Morgan fingerprint density at radius 3 is 2.93 bits per heavy atom. The van der Waals surface area contributed by atoms with Gasteiger partial charge < -0.3 is 10.1 Å². The van der Waals surface area contributed by atoms with Crippen LogP contribution in [0.5, 0.6) is 0 Å². The molecule has 2 heterocycles. The van der Waals surface area contributed by atoms with Crippen LogP contribution in [0.15, 0.2) is 5.51 Å². The number of aryl methyl sites for hydroxylation is 1. The molecule has 15 heavy (non-hydrogen) atoms. The molecule has 4 nitrogen and oxygen atoms in total. The van der Waals surface area contributed by atoms with Crippen LogP contribution in [-0.4, -0.2) is 30.6 Å². The summed E-state index contributed by atoms with van der Waals surface area (Å²) in [6.07, 6.45) is 0. The normalized spacial score (nSPS) is 18.3. The van der Waals surface area contributed by atoms with Crippen LogP contribution in [0.2, 0.25) is 0 Å². The van der Waals surface area contributed by atoms with E-state index in [0.717, 1.165) is 18.9 Å². The smallest absolute Gasteiger partial charge is 0.263 e. The van der Waals surface area contributed by atoms with Crippen LogP contribution in [0.1, 0.15) is 22.3 Å². The number of carbonyl (C=O) groups is 1. The van der Waals surface area contributed by atoms with Crippen molar-refractivity contribution in [3.63, 3.8) is 0 Å². The Morgan fingerprint density at radius 2 is 2.47 bits per heavy atom. The van der Waals surface area contributed by atoms with Crippen molar-refractivity contribution in [3.05, 3.63) is 16.1 Å². The molecule has 5 heteroatoms. The Kier molecular flexibility index (Phi) is 2.75. The summed E-state index contributed by atoms with van der Waals surface area (Å²) in [5, 5.41) is 2.92. The zero-order chi connectivity index (χ0) is 10.9. The molecule has 0 bridgehead atoms. The lowest BCUT2D eigenvalue weighted by atomic mass is 9.89. The molecule has 1 aromatic heterocycles. The van der Waals surface area contributed by atoms with Crippen molar-refractivity contribution in [2.24, 2.45) is 5.41 Å². The third kappa shape index (κ3) is 2.18. The summed E-state index contributed by atoms with van der Waals surface area (Å²) in [6, 6.07) is 0. The molecule has 1 saturated heterocycles. The van der Waals surface area contributed by atoms with E-state index in [4.69, 9.17) is 4.74 Å². The fourth-order valence-corrected chi connectivity index (χ4v) is 2.17. The molecule has 0 spiro atoms. The van der Waals surface area contributed by atoms with Crippen LogP contribution < -0.4 is 5.32 Å². The van der Waals surface area contributed by atoms with Crippen molar-refractivity contribution in [2.75, 3.05) is 19.8 Å². The van der Waals surface area contributed by atoms with Gasteiger partial charge in [-0.1, -0.05) is 6.92 Å². The molecule has 0 aliphatic carbocycles. The number of carbonyl (C=O) groups excluding carboxylic acids is 1. The second kappa shape index (κ2) is 3.90. The van der Waals surface area contributed by atoms with E-state index in [-0.39, 0.29) is 11.3 Å². The second-order valence-corrected chi connectivity index (χ2v) is 5.11. The van der Waals surface area contributed by atoms with Crippen LogP contribution >= 0.6 is 11.3 Å². The molecule has 1 aliphatic heterocycles. The lowest BCUT2D eigenvalue weighted by molar-refractivity contribution is -0.0978. The van der Waals surface area contributed by atoms with E-state index >= 15 is 0 Å². The van der Waals surface area contributed by atoms with Gasteiger partial charge >= 0.3 is 0 Å². The predicted molar refractivity (Wildman–Crippen MR) is 58.1 cm³/mol. The monoisotopic (exact) mass is 226 g/mol. The summed E-state index contributed by atoms with van der Waals surface area (Å²) in [6.45, 7) is 6.09. The molecular weight excluding hydrogens is 212 g/mol. The minimum absolute atomic E-state index is 0.0249. The molecule has 1 aliphatic rings. The Hall–Kier alpha value is -0.940. The quantitative estimate of drug-likeness (QED) is 0.843. The van der Waals surface area contributed by atoms with Crippen molar-refractivity contribution in [1.82, 2.24) is 10.3 Å².